The molecular weight excluding hydrogens is 300 g/mol. The molecule has 0 spiro atoms. The number of aromatic nitrogens is 2. The van der Waals surface area contributed by atoms with Gasteiger partial charge in [0, 0.05) is 30.0 Å². The van der Waals surface area contributed by atoms with Gasteiger partial charge in [-0.1, -0.05) is 13.0 Å². The third-order valence-corrected chi connectivity index (χ3v) is 5.01. The Balaban J connectivity index is 1.85. The van der Waals surface area contributed by atoms with Gasteiger partial charge in [-0.3, -0.25) is 4.40 Å². The van der Waals surface area contributed by atoms with Gasteiger partial charge in [0.1, 0.15) is 0 Å². The summed E-state index contributed by atoms with van der Waals surface area (Å²) >= 11 is 3.48. The first-order valence-corrected chi connectivity index (χ1v) is 8.94. The average Bonchev–Trinajstić information content (AvgIpc) is 3.16. The topological polar surface area (TPSA) is 32.6 Å². The second kappa shape index (κ2) is 6.60. The third kappa shape index (κ3) is 3.12. The summed E-state index contributed by atoms with van der Waals surface area (Å²) in [6, 6.07) is 4.28. The second-order valence-corrected chi connectivity index (χ2v) is 6.96. The van der Waals surface area contributed by atoms with Crippen LogP contribution in [0.3, 0.4) is 0 Å². The van der Waals surface area contributed by atoms with Gasteiger partial charge in [-0.15, -0.1) is 22.7 Å². The lowest BCUT2D eigenvalue weighted by molar-refractivity contribution is 0.659. The van der Waals surface area contributed by atoms with E-state index < -0.39 is 0 Å². The predicted octanol–water partition coefficient (Wildman–Crippen LogP) is 3.59. The third-order valence-electron chi connectivity index (χ3n) is 3.39. The van der Waals surface area contributed by atoms with Crippen molar-refractivity contribution in [2.24, 2.45) is 0 Å². The summed E-state index contributed by atoms with van der Waals surface area (Å²) < 4.78 is 2.20. The fourth-order valence-electron chi connectivity index (χ4n) is 2.39. The molecule has 3 aromatic heterocycles. The van der Waals surface area contributed by atoms with Crippen molar-refractivity contribution >= 4 is 33.5 Å². The smallest absolute Gasteiger partial charge is 0.195 e. The Bertz CT molecular complexity index is 684. The van der Waals surface area contributed by atoms with Crippen LogP contribution in [-0.4, -0.2) is 23.0 Å². The van der Waals surface area contributed by atoms with Crippen LogP contribution in [0.15, 0.2) is 29.1 Å². The molecule has 0 aliphatic heterocycles. The summed E-state index contributed by atoms with van der Waals surface area (Å²) in [4.78, 5) is 9.48. The van der Waals surface area contributed by atoms with Crippen LogP contribution in [0.25, 0.3) is 4.96 Å². The lowest BCUT2D eigenvalue weighted by Crippen LogP contribution is -2.21. The van der Waals surface area contributed by atoms with E-state index in [4.69, 9.17) is 4.98 Å². The van der Waals surface area contributed by atoms with Gasteiger partial charge in [0.2, 0.25) is 0 Å². The molecule has 0 amide bonds. The molecule has 0 fully saturated rings. The number of thiazole rings is 1. The van der Waals surface area contributed by atoms with Crippen molar-refractivity contribution in [3.63, 3.8) is 0 Å². The Kier molecular flexibility index (Phi) is 4.57. The van der Waals surface area contributed by atoms with Gasteiger partial charge in [0.25, 0.3) is 0 Å². The predicted molar refractivity (Wildman–Crippen MR) is 91.5 cm³/mol. The van der Waals surface area contributed by atoms with Crippen molar-refractivity contribution in [2.75, 3.05) is 18.5 Å². The van der Waals surface area contributed by atoms with Crippen LogP contribution in [0.5, 0.6) is 0 Å². The minimum atomic E-state index is 0.857. The zero-order valence-electron chi connectivity index (χ0n) is 12.4. The number of imidazole rings is 1. The van der Waals surface area contributed by atoms with Crippen LogP contribution in [0.2, 0.25) is 0 Å². The van der Waals surface area contributed by atoms with Gasteiger partial charge in [-0.2, -0.15) is 0 Å². The number of hydrogen-bond acceptors (Lipinski definition) is 5. The number of fused-ring (bicyclic) bond motifs is 1. The minimum Gasteiger partial charge on any atom is -0.353 e. The van der Waals surface area contributed by atoms with Crippen LogP contribution in [0.4, 0.5) is 5.82 Å². The molecule has 3 rings (SSSR count). The van der Waals surface area contributed by atoms with E-state index in [0.29, 0.717) is 0 Å². The summed E-state index contributed by atoms with van der Waals surface area (Å²) in [5.74, 6) is 1.08. The highest BCUT2D eigenvalue weighted by Crippen LogP contribution is 2.25. The van der Waals surface area contributed by atoms with E-state index in [1.165, 1.54) is 10.6 Å². The van der Waals surface area contributed by atoms with Crippen LogP contribution in [0.1, 0.15) is 23.9 Å². The van der Waals surface area contributed by atoms with E-state index in [1.807, 2.05) is 0 Å². The van der Waals surface area contributed by atoms with Crippen LogP contribution in [-0.2, 0) is 13.1 Å². The quantitative estimate of drug-likeness (QED) is 0.675. The highest BCUT2D eigenvalue weighted by atomic mass is 32.1. The number of nitrogens with one attached hydrogen (secondary N) is 1. The van der Waals surface area contributed by atoms with Gasteiger partial charge in [-0.25, -0.2) is 4.98 Å². The second-order valence-electron chi connectivity index (χ2n) is 5.05. The molecule has 0 saturated heterocycles. The van der Waals surface area contributed by atoms with Crippen molar-refractivity contribution in [3.8, 4) is 0 Å². The van der Waals surface area contributed by atoms with E-state index in [1.54, 1.807) is 22.7 Å². The normalized spacial score (nSPS) is 11.3. The fourth-order valence-corrected chi connectivity index (χ4v) is 3.87. The van der Waals surface area contributed by atoms with Crippen molar-refractivity contribution < 1.29 is 0 Å². The first-order valence-electron chi connectivity index (χ1n) is 7.18. The zero-order chi connectivity index (χ0) is 14.7. The number of thiophene rings is 1. The molecule has 0 unspecified atom stereocenters. The summed E-state index contributed by atoms with van der Waals surface area (Å²) in [6.07, 6.45) is 3.25. The molecule has 1 N–H and O–H groups in total. The molecule has 3 heterocycles. The molecule has 0 atom stereocenters. The number of rotatable bonds is 7. The van der Waals surface area contributed by atoms with Crippen molar-refractivity contribution in [2.45, 2.75) is 26.4 Å². The highest BCUT2D eigenvalue weighted by Gasteiger charge is 2.16. The van der Waals surface area contributed by atoms with Gasteiger partial charge in [0.15, 0.2) is 10.8 Å². The maximum atomic E-state index is 4.80. The van der Waals surface area contributed by atoms with E-state index in [9.17, 15) is 0 Å². The Hall–Kier alpha value is -1.37. The maximum absolute atomic E-state index is 4.80. The molecule has 0 radical (unpaired) electrons. The largest absolute Gasteiger partial charge is 0.353 e. The number of hydrogen-bond donors (Lipinski definition) is 1. The minimum absolute atomic E-state index is 0.857. The standard InChI is InChI=1S/C15H20N4S2/c1-3-6-16-10-13-14(17-15-19(13)7-9-21-15)18(2)11-12-5-4-8-20-12/h4-5,7-9,16H,3,6,10-11H2,1-2H3. The lowest BCUT2D eigenvalue weighted by Gasteiger charge is -2.17. The molecule has 4 nitrogen and oxygen atoms in total. The Morgan fingerprint density at radius 3 is 3.00 bits per heavy atom. The van der Waals surface area contributed by atoms with Crippen molar-refractivity contribution in [3.05, 3.63) is 39.7 Å². The van der Waals surface area contributed by atoms with Gasteiger partial charge in [0.05, 0.1) is 12.2 Å². The molecule has 0 saturated carbocycles. The van der Waals surface area contributed by atoms with Gasteiger partial charge < -0.3 is 10.2 Å². The molecule has 112 valence electrons. The molecule has 3 aromatic rings. The van der Waals surface area contributed by atoms with Gasteiger partial charge >= 0.3 is 0 Å². The fraction of sp³-hybridized carbons (Fsp3) is 0.400. The Morgan fingerprint density at radius 2 is 2.24 bits per heavy atom. The van der Waals surface area contributed by atoms with E-state index in [-0.39, 0.29) is 0 Å². The van der Waals surface area contributed by atoms with Crippen LogP contribution in [0, 0.1) is 0 Å². The van der Waals surface area contributed by atoms with E-state index in [0.717, 1.165) is 36.8 Å². The first-order chi connectivity index (χ1) is 10.3. The number of anilines is 1. The Morgan fingerprint density at radius 1 is 1.33 bits per heavy atom. The lowest BCUT2D eigenvalue weighted by atomic mass is 10.3. The van der Waals surface area contributed by atoms with Crippen LogP contribution >= 0.6 is 22.7 Å². The summed E-state index contributed by atoms with van der Waals surface area (Å²) in [5, 5.41) is 7.71. The zero-order valence-corrected chi connectivity index (χ0v) is 14.0. The molecule has 0 aromatic carbocycles. The van der Waals surface area contributed by atoms with E-state index >= 15 is 0 Å². The summed E-state index contributed by atoms with van der Waals surface area (Å²) in [7, 11) is 2.12. The molecule has 0 bridgehead atoms. The summed E-state index contributed by atoms with van der Waals surface area (Å²) in [6.45, 7) is 4.98. The van der Waals surface area contributed by atoms with Crippen molar-refractivity contribution in [1.82, 2.24) is 14.7 Å². The Labute approximate surface area is 133 Å². The SMILES string of the molecule is CCCNCc1c(N(C)Cc2cccs2)nc2sccn12. The number of nitrogens with zero attached hydrogens (tertiary/aromatic N) is 3. The molecule has 6 heteroatoms. The van der Waals surface area contributed by atoms with Gasteiger partial charge in [-0.05, 0) is 24.4 Å². The summed E-state index contributed by atoms with van der Waals surface area (Å²) in [5.41, 5.74) is 1.25. The monoisotopic (exact) mass is 320 g/mol. The molecule has 0 aliphatic rings. The molecular formula is C15H20N4S2. The first kappa shape index (κ1) is 14.6. The molecule has 21 heavy (non-hydrogen) atoms. The van der Waals surface area contributed by atoms with Crippen molar-refractivity contribution in [1.29, 1.82) is 0 Å². The highest BCUT2D eigenvalue weighted by molar-refractivity contribution is 7.15. The molecule has 0 aliphatic carbocycles. The maximum Gasteiger partial charge on any atom is 0.195 e. The average molecular weight is 320 g/mol. The van der Waals surface area contributed by atoms with E-state index in [2.05, 4.69) is 57.7 Å². The van der Waals surface area contributed by atoms with Crippen LogP contribution < -0.4 is 10.2 Å².